The summed E-state index contributed by atoms with van der Waals surface area (Å²) >= 11 is 0. The van der Waals surface area contributed by atoms with Gasteiger partial charge in [0.25, 0.3) is 5.91 Å². The van der Waals surface area contributed by atoms with Gasteiger partial charge in [0.1, 0.15) is 5.75 Å². The van der Waals surface area contributed by atoms with Crippen molar-refractivity contribution in [1.82, 2.24) is 4.31 Å². The molecule has 3 rings (SSSR count). The number of piperidine rings is 1. The molecule has 0 atom stereocenters. The molecule has 0 radical (unpaired) electrons. The van der Waals surface area contributed by atoms with Crippen molar-refractivity contribution in [2.75, 3.05) is 32.1 Å². The van der Waals surface area contributed by atoms with Crippen molar-refractivity contribution in [3.63, 3.8) is 0 Å². The van der Waals surface area contributed by atoms with Crippen molar-refractivity contribution < 1.29 is 27.5 Å². The zero-order chi connectivity index (χ0) is 22.4. The lowest BCUT2D eigenvalue weighted by Gasteiger charge is -2.29. The fourth-order valence-electron chi connectivity index (χ4n) is 3.30. The van der Waals surface area contributed by atoms with Crippen molar-refractivity contribution in [2.24, 2.45) is 5.92 Å². The fourth-order valence-corrected chi connectivity index (χ4v) is 4.77. The van der Waals surface area contributed by atoms with Crippen molar-refractivity contribution in [1.29, 1.82) is 0 Å². The molecule has 2 aromatic rings. The number of nitrogens with one attached hydrogen (secondary N) is 1. The fraction of sp³-hybridized carbons (Fsp3) is 0.364. The second kappa shape index (κ2) is 9.93. The maximum atomic E-state index is 12.8. The summed E-state index contributed by atoms with van der Waals surface area (Å²) in [6.45, 7) is 2.87. The van der Waals surface area contributed by atoms with Gasteiger partial charge in [-0.1, -0.05) is 19.1 Å². The molecule has 9 heteroatoms. The Hall–Kier alpha value is -2.91. The number of hydrogen-bond donors (Lipinski definition) is 1. The molecule has 1 amide bonds. The van der Waals surface area contributed by atoms with Gasteiger partial charge < -0.3 is 14.8 Å². The Morgan fingerprint density at radius 1 is 1.06 bits per heavy atom. The molecule has 0 bridgehead atoms. The number of para-hydroxylation sites is 1. The summed E-state index contributed by atoms with van der Waals surface area (Å²) in [5.74, 6) is -0.122. The zero-order valence-corrected chi connectivity index (χ0v) is 18.4. The lowest BCUT2D eigenvalue weighted by molar-refractivity contribution is -0.118. The van der Waals surface area contributed by atoms with E-state index in [1.165, 1.54) is 35.7 Å². The van der Waals surface area contributed by atoms with Gasteiger partial charge in [0.05, 0.1) is 23.3 Å². The van der Waals surface area contributed by atoms with Crippen LogP contribution in [-0.4, -0.2) is 51.4 Å². The Morgan fingerprint density at radius 3 is 2.35 bits per heavy atom. The van der Waals surface area contributed by atoms with Crippen LogP contribution in [0.4, 0.5) is 5.69 Å². The largest absolute Gasteiger partial charge is 0.484 e. The standard InChI is InChI=1S/C22H26N2O6S/c1-16-11-13-24(14-12-16)31(27,28)18-9-7-17(8-10-18)30-15-21(25)23-20-6-4-3-5-19(20)22(26)29-2/h3-10,16H,11-15H2,1-2H3,(H,23,25). The quantitative estimate of drug-likeness (QED) is 0.656. The van der Waals surface area contributed by atoms with Gasteiger partial charge in [0.15, 0.2) is 6.61 Å². The van der Waals surface area contributed by atoms with Gasteiger partial charge in [-0.2, -0.15) is 4.31 Å². The van der Waals surface area contributed by atoms with Crippen LogP contribution in [0.2, 0.25) is 0 Å². The van der Waals surface area contributed by atoms with Gasteiger partial charge >= 0.3 is 5.97 Å². The maximum Gasteiger partial charge on any atom is 0.339 e. The average Bonchev–Trinajstić information content (AvgIpc) is 2.78. The summed E-state index contributed by atoms with van der Waals surface area (Å²) < 4.78 is 37.2. The average molecular weight is 447 g/mol. The molecule has 166 valence electrons. The predicted molar refractivity (Wildman–Crippen MR) is 116 cm³/mol. The van der Waals surface area contributed by atoms with Gasteiger partial charge in [0.2, 0.25) is 10.0 Å². The number of esters is 1. The Morgan fingerprint density at radius 2 is 1.71 bits per heavy atom. The molecule has 0 unspecified atom stereocenters. The van der Waals surface area contributed by atoms with E-state index in [2.05, 4.69) is 12.2 Å². The van der Waals surface area contributed by atoms with Crippen LogP contribution >= 0.6 is 0 Å². The highest BCUT2D eigenvalue weighted by Crippen LogP contribution is 2.25. The highest BCUT2D eigenvalue weighted by atomic mass is 32.2. The third-order valence-corrected chi connectivity index (χ3v) is 7.09. The molecule has 31 heavy (non-hydrogen) atoms. The second-order valence-electron chi connectivity index (χ2n) is 7.43. The van der Waals surface area contributed by atoms with Gasteiger partial charge in [-0.25, -0.2) is 13.2 Å². The van der Waals surface area contributed by atoms with Crippen molar-refractivity contribution >= 4 is 27.6 Å². The number of methoxy groups -OCH3 is 1. The first kappa shape index (κ1) is 22.8. The van der Waals surface area contributed by atoms with Crippen molar-refractivity contribution in [3.8, 4) is 5.75 Å². The van der Waals surface area contributed by atoms with Crippen LogP contribution in [0, 0.1) is 5.92 Å². The van der Waals surface area contributed by atoms with E-state index < -0.39 is 21.9 Å². The van der Waals surface area contributed by atoms with Gasteiger partial charge in [-0.15, -0.1) is 0 Å². The molecule has 1 heterocycles. The van der Waals surface area contributed by atoms with Crippen LogP contribution < -0.4 is 10.1 Å². The molecule has 0 saturated carbocycles. The molecule has 1 aliphatic heterocycles. The Kier molecular flexibility index (Phi) is 7.29. The highest BCUT2D eigenvalue weighted by molar-refractivity contribution is 7.89. The lowest BCUT2D eigenvalue weighted by Crippen LogP contribution is -2.37. The number of rotatable bonds is 7. The topological polar surface area (TPSA) is 102 Å². The third kappa shape index (κ3) is 5.62. The molecule has 1 saturated heterocycles. The molecule has 1 N–H and O–H groups in total. The Labute approximate surface area is 182 Å². The monoisotopic (exact) mass is 446 g/mol. The molecule has 1 aliphatic rings. The number of nitrogens with zero attached hydrogens (tertiary/aromatic N) is 1. The highest BCUT2D eigenvalue weighted by Gasteiger charge is 2.28. The summed E-state index contributed by atoms with van der Waals surface area (Å²) in [4.78, 5) is 24.2. The molecule has 0 aliphatic carbocycles. The second-order valence-corrected chi connectivity index (χ2v) is 9.37. The zero-order valence-electron chi connectivity index (χ0n) is 17.5. The van der Waals surface area contributed by atoms with Crippen LogP contribution in [0.1, 0.15) is 30.1 Å². The van der Waals surface area contributed by atoms with E-state index in [1.54, 1.807) is 24.3 Å². The maximum absolute atomic E-state index is 12.8. The van der Waals surface area contributed by atoms with E-state index in [1.807, 2.05) is 0 Å². The molecule has 0 aromatic heterocycles. The molecule has 0 spiro atoms. The van der Waals surface area contributed by atoms with Crippen LogP contribution in [0.5, 0.6) is 5.75 Å². The summed E-state index contributed by atoms with van der Waals surface area (Å²) in [5, 5.41) is 2.61. The molecule has 2 aromatic carbocycles. The Bertz CT molecular complexity index is 1030. The smallest absolute Gasteiger partial charge is 0.339 e. The summed E-state index contributed by atoms with van der Waals surface area (Å²) in [6.07, 6.45) is 1.71. The number of anilines is 1. The number of sulfonamides is 1. The van der Waals surface area contributed by atoms with Crippen molar-refractivity contribution in [3.05, 3.63) is 54.1 Å². The summed E-state index contributed by atoms with van der Waals surface area (Å²) in [6, 6.07) is 12.5. The minimum Gasteiger partial charge on any atom is -0.484 e. The number of benzene rings is 2. The SMILES string of the molecule is COC(=O)c1ccccc1NC(=O)COc1ccc(S(=O)(=O)N2CCC(C)CC2)cc1. The van der Waals surface area contributed by atoms with E-state index >= 15 is 0 Å². The number of carbonyl (C=O) groups excluding carboxylic acids is 2. The number of carbonyl (C=O) groups is 2. The van der Waals surface area contributed by atoms with E-state index in [0.29, 0.717) is 30.4 Å². The van der Waals surface area contributed by atoms with E-state index in [4.69, 9.17) is 9.47 Å². The first-order chi connectivity index (χ1) is 14.8. The summed E-state index contributed by atoms with van der Waals surface area (Å²) in [7, 11) is -2.27. The van der Waals surface area contributed by atoms with Crippen LogP contribution in [0.15, 0.2) is 53.4 Å². The van der Waals surface area contributed by atoms with Crippen molar-refractivity contribution in [2.45, 2.75) is 24.7 Å². The molecular weight excluding hydrogens is 420 g/mol. The van der Waals surface area contributed by atoms with E-state index in [9.17, 15) is 18.0 Å². The van der Waals surface area contributed by atoms with Gasteiger partial charge in [-0.05, 0) is 55.2 Å². The predicted octanol–water partition coefficient (Wildman–Crippen LogP) is 2.91. The number of ether oxygens (including phenoxy) is 2. The van der Waals surface area contributed by atoms with E-state index in [-0.39, 0.29) is 17.1 Å². The van der Waals surface area contributed by atoms with E-state index in [0.717, 1.165) is 12.8 Å². The lowest BCUT2D eigenvalue weighted by atomic mass is 10.0. The normalized spacial score (nSPS) is 15.3. The Balaban J connectivity index is 1.58. The first-order valence-corrected chi connectivity index (χ1v) is 11.5. The van der Waals surface area contributed by atoms with Crippen LogP contribution in [0.3, 0.4) is 0 Å². The number of amides is 1. The first-order valence-electron chi connectivity index (χ1n) is 10.0. The van der Waals surface area contributed by atoms with Crippen LogP contribution in [-0.2, 0) is 19.6 Å². The van der Waals surface area contributed by atoms with Gasteiger partial charge in [-0.3, -0.25) is 4.79 Å². The third-order valence-electron chi connectivity index (χ3n) is 5.18. The summed E-state index contributed by atoms with van der Waals surface area (Å²) in [5.41, 5.74) is 0.556. The molecule has 1 fully saturated rings. The van der Waals surface area contributed by atoms with Crippen LogP contribution in [0.25, 0.3) is 0 Å². The minimum atomic E-state index is -3.53. The molecule has 8 nitrogen and oxygen atoms in total. The van der Waals surface area contributed by atoms with Gasteiger partial charge in [0, 0.05) is 13.1 Å². The number of hydrogen-bond acceptors (Lipinski definition) is 6. The molecular formula is C22H26N2O6S. The minimum absolute atomic E-state index is 0.200.